The average molecular weight is 359 g/mol. The molecule has 0 radical (unpaired) electrons. The van der Waals surface area contributed by atoms with Crippen LogP contribution in [0.5, 0.6) is 0 Å². The molecule has 21 heavy (non-hydrogen) atoms. The predicted molar refractivity (Wildman–Crippen MR) is 79.7 cm³/mol. The number of benzene rings is 1. The minimum atomic E-state index is -0.896. The number of rotatable bonds is 3. The number of aliphatic carboxylic acids is 1. The van der Waals surface area contributed by atoms with E-state index in [-0.39, 0.29) is 12.2 Å². The van der Waals surface area contributed by atoms with Crippen molar-refractivity contribution < 1.29 is 19.1 Å². The van der Waals surface area contributed by atoms with Gasteiger partial charge in [0, 0.05) is 17.6 Å². The van der Waals surface area contributed by atoms with E-state index in [1.54, 1.807) is 6.92 Å². The molecule has 0 aliphatic carbocycles. The highest BCUT2D eigenvalue weighted by Gasteiger charge is 2.44. The SMILES string of the molecule is CCC1(C(=O)O)CCN(C(=O)Nc2cc(Br)ccc2F)C1. The van der Waals surface area contributed by atoms with Crippen LogP contribution in [0.25, 0.3) is 0 Å². The summed E-state index contributed by atoms with van der Waals surface area (Å²) in [5.41, 5.74) is -0.827. The van der Waals surface area contributed by atoms with Crippen molar-refractivity contribution in [3.05, 3.63) is 28.5 Å². The lowest BCUT2D eigenvalue weighted by Gasteiger charge is -2.23. The van der Waals surface area contributed by atoms with Crippen LogP contribution in [-0.2, 0) is 4.79 Å². The van der Waals surface area contributed by atoms with E-state index in [0.29, 0.717) is 23.9 Å². The van der Waals surface area contributed by atoms with Crippen LogP contribution in [0.2, 0.25) is 0 Å². The zero-order valence-electron chi connectivity index (χ0n) is 11.5. The second kappa shape index (κ2) is 6.01. The van der Waals surface area contributed by atoms with Crippen molar-refractivity contribution in [3.8, 4) is 0 Å². The van der Waals surface area contributed by atoms with Crippen molar-refractivity contribution in [2.75, 3.05) is 18.4 Å². The molecule has 1 saturated heterocycles. The van der Waals surface area contributed by atoms with E-state index in [1.165, 1.54) is 23.1 Å². The minimum Gasteiger partial charge on any atom is -0.481 e. The van der Waals surface area contributed by atoms with Crippen molar-refractivity contribution in [1.29, 1.82) is 0 Å². The molecule has 2 rings (SSSR count). The molecule has 114 valence electrons. The largest absolute Gasteiger partial charge is 0.481 e. The third-order valence-corrected chi connectivity index (χ3v) is 4.43. The first kappa shape index (κ1) is 15.8. The van der Waals surface area contributed by atoms with Crippen LogP contribution in [-0.4, -0.2) is 35.1 Å². The lowest BCUT2D eigenvalue weighted by molar-refractivity contribution is -0.148. The van der Waals surface area contributed by atoms with E-state index >= 15 is 0 Å². The lowest BCUT2D eigenvalue weighted by atomic mass is 9.84. The summed E-state index contributed by atoms with van der Waals surface area (Å²) in [6.07, 6.45) is 0.866. The summed E-state index contributed by atoms with van der Waals surface area (Å²) in [5, 5.41) is 11.8. The first-order valence-electron chi connectivity index (χ1n) is 6.62. The summed E-state index contributed by atoms with van der Waals surface area (Å²) < 4.78 is 14.3. The molecule has 7 heteroatoms. The van der Waals surface area contributed by atoms with Gasteiger partial charge >= 0.3 is 12.0 Å². The maximum Gasteiger partial charge on any atom is 0.321 e. The van der Waals surface area contributed by atoms with E-state index in [4.69, 9.17) is 0 Å². The lowest BCUT2D eigenvalue weighted by Crippen LogP contribution is -2.38. The Morgan fingerprint density at radius 3 is 2.81 bits per heavy atom. The van der Waals surface area contributed by atoms with Gasteiger partial charge in [0.25, 0.3) is 0 Å². The number of hydrogen-bond acceptors (Lipinski definition) is 2. The van der Waals surface area contributed by atoms with Crippen molar-refractivity contribution in [2.24, 2.45) is 5.41 Å². The molecule has 0 saturated carbocycles. The van der Waals surface area contributed by atoms with Gasteiger partial charge in [-0.1, -0.05) is 22.9 Å². The molecule has 0 bridgehead atoms. The Morgan fingerprint density at radius 2 is 2.24 bits per heavy atom. The second-order valence-electron chi connectivity index (χ2n) is 5.16. The Balaban J connectivity index is 2.09. The zero-order valence-corrected chi connectivity index (χ0v) is 13.1. The molecular formula is C14H16BrFN2O3. The van der Waals surface area contributed by atoms with Crippen molar-refractivity contribution in [3.63, 3.8) is 0 Å². The van der Waals surface area contributed by atoms with Crippen LogP contribution in [0, 0.1) is 11.2 Å². The van der Waals surface area contributed by atoms with Crippen LogP contribution >= 0.6 is 15.9 Å². The summed E-state index contributed by atoms with van der Waals surface area (Å²) in [6, 6.07) is 3.77. The van der Waals surface area contributed by atoms with Crippen molar-refractivity contribution in [2.45, 2.75) is 19.8 Å². The molecule has 0 aromatic heterocycles. The number of amides is 2. The van der Waals surface area contributed by atoms with Crippen LogP contribution in [0.15, 0.2) is 22.7 Å². The fourth-order valence-corrected chi connectivity index (χ4v) is 2.81. The molecule has 1 unspecified atom stereocenters. The van der Waals surface area contributed by atoms with Gasteiger partial charge in [-0.25, -0.2) is 9.18 Å². The van der Waals surface area contributed by atoms with E-state index < -0.39 is 23.2 Å². The van der Waals surface area contributed by atoms with Gasteiger partial charge in [0.1, 0.15) is 5.82 Å². The van der Waals surface area contributed by atoms with Gasteiger partial charge < -0.3 is 15.3 Å². The molecule has 1 fully saturated rings. The number of nitrogens with one attached hydrogen (secondary N) is 1. The Morgan fingerprint density at radius 1 is 1.52 bits per heavy atom. The molecule has 1 aliphatic rings. The number of urea groups is 1. The number of carboxylic acid groups (broad SMARTS) is 1. The molecule has 1 aromatic rings. The van der Waals surface area contributed by atoms with Gasteiger partial charge in [-0.05, 0) is 31.0 Å². The van der Waals surface area contributed by atoms with Gasteiger partial charge in [-0.2, -0.15) is 0 Å². The Kier molecular flexibility index (Phi) is 4.51. The number of carboxylic acids is 1. The number of carbonyl (C=O) groups is 2. The zero-order chi connectivity index (χ0) is 15.6. The van der Waals surface area contributed by atoms with E-state index in [2.05, 4.69) is 21.2 Å². The summed E-state index contributed by atoms with van der Waals surface area (Å²) in [7, 11) is 0. The maximum atomic E-state index is 13.6. The third-order valence-electron chi connectivity index (χ3n) is 3.94. The van der Waals surface area contributed by atoms with Crippen LogP contribution in [0.1, 0.15) is 19.8 Å². The Bertz CT molecular complexity index is 581. The molecule has 2 N–H and O–H groups in total. The number of anilines is 1. The fraction of sp³-hybridized carbons (Fsp3) is 0.429. The Hall–Kier alpha value is -1.63. The third kappa shape index (κ3) is 3.18. The highest BCUT2D eigenvalue weighted by atomic mass is 79.9. The molecular weight excluding hydrogens is 343 g/mol. The Labute approximate surface area is 130 Å². The second-order valence-corrected chi connectivity index (χ2v) is 6.08. The molecule has 2 amide bonds. The fourth-order valence-electron chi connectivity index (χ4n) is 2.45. The molecule has 1 aliphatic heterocycles. The van der Waals surface area contributed by atoms with Crippen LogP contribution in [0.4, 0.5) is 14.9 Å². The summed E-state index contributed by atoms with van der Waals surface area (Å²) >= 11 is 3.21. The summed E-state index contributed by atoms with van der Waals surface area (Å²) in [5.74, 6) is -1.43. The van der Waals surface area contributed by atoms with Gasteiger partial charge in [0.05, 0.1) is 11.1 Å². The van der Waals surface area contributed by atoms with E-state index in [1.807, 2.05) is 0 Å². The normalized spacial score (nSPS) is 21.4. The van der Waals surface area contributed by atoms with Crippen molar-refractivity contribution >= 4 is 33.6 Å². The molecule has 1 heterocycles. The number of carbonyl (C=O) groups excluding carboxylic acids is 1. The topological polar surface area (TPSA) is 69.6 Å². The predicted octanol–water partition coefficient (Wildman–Crippen LogP) is 3.31. The molecule has 1 atom stereocenters. The summed E-state index contributed by atoms with van der Waals surface area (Å²) in [4.78, 5) is 24.9. The first-order valence-corrected chi connectivity index (χ1v) is 7.41. The smallest absolute Gasteiger partial charge is 0.321 e. The van der Waals surface area contributed by atoms with Gasteiger partial charge in [0.2, 0.25) is 0 Å². The quantitative estimate of drug-likeness (QED) is 0.870. The number of hydrogen-bond donors (Lipinski definition) is 2. The van der Waals surface area contributed by atoms with E-state index in [9.17, 15) is 19.1 Å². The maximum absolute atomic E-state index is 13.6. The van der Waals surface area contributed by atoms with Gasteiger partial charge in [0.15, 0.2) is 0 Å². The van der Waals surface area contributed by atoms with E-state index in [0.717, 1.165) is 0 Å². The molecule has 0 spiro atoms. The van der Waals surface area contributed by atoms with Crippen LogP contribution < -0.4 is 5.32 Å². The molecule has 1 aromatic carbocycles. The highest BCUT2D eigenvalue weighted by Crippen LogP contribution is 2.34. The number of nitrogens with zero attached hydrogens (tertiary/aromatic N) is 1. The van der Waals surface area contributed by atoms with Gasteiger partial charge in [-0.3, -0.25) is 4.79 Å². The first-order chi connectivity index (χ1) is 9.88. The highest BCUT2D eigenvalue weighted by molar-refractivity contribution is 9.10. The van der Waals surface area contributed by atoms with Gasteiger partial charge in [-0.15, -0.1) is 0 Å². The standard InChI is InChI=1S/C14H16BrFN2O3/c1-2-14(12(19)20)5-6-18(8-14)13(21)17-11-7-9(15)3-4-10(11)16/h3-4,7H,2,5-6,8H2,1H3,(H,17,21)(H,19,20). The van der Waals surface area contributed by atoms with Crippen molar-refractivity contribution in [1.82, 2.24) is 4.90 Å². The average Bonchev–Trinajstić information content (AvgIpc) is 2.89. The molecule has 5 nitrogen and oxygen atoms in total. The monoisotopic (exact) mass is 358 g/mol. The number of likely N-dealkylation sites (tertiary alicyclic amines) is 1. The summed E-state index contributed by atoms with van der Waals surface area (Å²) in [6.45, 7) is 2.28. The minimum absolute atomic E-state index is 0.0682. The number of halogens is 2. The van der Waals surface area contributed by atoms with Crippen LogP contribution in [0.3, 0.4) is 0 Å².